The van der Waals surface area contributed by atoms with Gasteiger partial charge in [0.1, 0.15) is 0 Å². The summed E-state index contributed by atoms with van der Waals surface area (Å²) in [5.74, 6) is -0.0349. The monoisotopic (exact) mass is 324 g/mol. The Morgan fingerprint density at radius 3 is 2.92 bits per heavy atom. The zero-order valence-electron chi connectivity index (χ0n) is 14.3. The highest BCUT2D eigenvalue weighted by Gasteiger charge is 2.23. The maximum Gasteiger partial charge on any atom is 0.251 e. The van der Waals surface area contributed by atoms with Crippen LogP contribution in [0.3, 0.4) is 0 Å². The van der Waals surface area contributed by atoms with E-state index < -0.39 is 0 Å². The lowest BCUT2D eigenvalue weighted by atomic mass is 10.1. The minimum absolute atomic E-state index is 0.0349. The summed E-state index contributed by atoms with van der Waals surface area (Å²) in [5.41, 5.74) is 4.37. The Kier molecular flexibility index (Phi) is 5.16. The summed E-state index contributed by atoms with van der Waals surface area (Å²) in [6.07, 6.45) is 1.08. The second kappa shape index (κ2) is 7.49. The molecule has 0 spiro atoms. The molecule has 0 fully saturated rings. The van der Waals surface area contributed by atoms with Crippen molar-refractivity contribution in [3.05, 3.63) is 65.2 Å². The van der Waals surface area contributed by atoms with Crippen molar-refractivity contribution in [2.75, 3.05) is 25.1 Å². The number of hydrogen-bond donors (Lipinski definition) is 1. The molecular formula is C20H24N2O2. The third-order valence-corrected chi connectivity index (χ3v) is 4.51. The van der Waals surface area contributed by atoms with Gasteiger partial charge in [0.05, 0.1) is 6.61 Å². The summed E-state index contributed by atoms with van der Waals surface area (Å²) in [5, 5.41) is 3.05. The van der Waals surface area contributed by atoms with Gasteiger partial charge in [0, 0.05) is 37.5 Å². The molecule has 1 heterocycles. The van der Waals surface area contributed by atoms with Crippen LogP contribution in [0.4, 0.5) is 5.69 Å². The van der Waals surface area contributed by atoms with Crippen molar-refractivity contribution in [3.8, 4) is 0 Å². The molecule has 0 bridgehead atoms. The maximum atomic E-state index is 12.4. The molecule has 0 radical (unpaired) electrons. The van der Waals surface area contributed by atoms with Crippen LogP contribution in [0.15, 0.2) is 48.5 Å². The second-order valence-electron chi connectivity index (χ2n) is 6.26. The van der Waals surface area contributed by atoms with Crippen LogP contribution in [-0.4, -0.2) is 32.1 Å². The summed E-state index contributed by atoms with van der Waals surface area (Å²) in [7, 11) is 1.66. The van der Waals surface area contributed by atoms with E-state index in [0.29, 0.717) is 18.7 Å². The summed E-state index contributed by atoms with van der Waals surface area (Å²) in [6.45, 7) is 4.31. The van der Waals surface area contributed by atoms with Crippen LogP contribution in [0, 0.1) is 0 Å². The molecule has 0 unspecified atom stereocenters. The molecule has 24 heavy (non-hydrogen) atoms. The van der Waals surface area contributed by atoms with Crippen molar-refractivity contribution in [3.63, 3.8) is 0 Å². The van der Waals surface area contributed by atoms with E-state index >= 15 is 0 Å². The summed E-state index contributed by atoms with van der Waals surface area (Å²) in [4.78, 5) is 14.8. The van der Waals surface area contributed by atoms with Gasteiger partial charge in [-0.1, -0.05) is 30.3 Å². The molecule has 0 aromatic heterocycles. The lowest BCUT2D eigenvalue weighted by molar-refractivity contribution is 0.0951. The van der Waals surface area contributed by atoms with Crippen LogP contribution in [0.25, 0.3) is 0 Å². The number of amides is 1. The van der Waals surface area contributed by atoms with E-state index in [0.717, 1.165) is 18.5 Å². The number of benzene rings is 2. The van der Waals surface area contributed by atoms with E-state index in [1.807, 2.05) is 24.3 Å². The predicted molar refractivity (Wildman–Crippen MR) is 96.4 cm³/mol. The molecule has 4 nitrogen and oxygen atoms in total. The Morgan fingerprint density at radius 2 is 2.08 bits per heavy atom. The van der Waals surface area contributed by atoms with Crippen LogP contribution in [0.1, 0.15) is 28.4 Å². The van der Waals surface area contributed by atoms with Crippen LogP contribution in [0.2, 0.25) is 0 Å². The maximum absolute atomic E-state index is 12.4. The molecule has 0 saturated heterocycles. The second-order valence-corrected chi connectivity index (χ2v) is 6.26. The van der Waals surface area contributed by atoms with Gasteiger partial charge in [-0.25, -0.2) is 0 Å². The highest BCUT2D eigenvalue weighted by atomic mass is 16.5. The van der Waals surface area contributed by atoms with Crippen LogP contribution < -0.4 is 10.2 Å². The Balaban J connectivity index is 1.59. The average Bonchev–Trinajstić information content (AvgIpc) is 3.04. The number of ether oxygens (including phenoxy) is 1. The van der Waals surface area contributed by atoms with Crippen LogP contribution in [0.5, 0.6) is 0 Å². The molecule has 2 aromatic carbocycles. The lowest BCUT2D eigenvalue weighted by Gasteiger charge is -2.27. The third kappa shape index (κ3) is 3.60. The first-order valence-corrected chi connectivity index (χ1v) is 8.39. The van der Waals surface area contributed by atoms with Gasteiger partial charge < -0.3 is 15.0 Å². The van der Waals surface area contributed by atoms with E-state index in [9.17, 15) is 4.79 Å². The van der Waals surface area contributed by atoms with E-state index in [2.05, 4.69) is 41.4 Å². The van der Waals surface area contributed by atoms with Gasteiger partial charge in [-0.15, -0.1) is 0 Å². The minimum Gasteiger partial charge on any atom is -0.380 e. The van der Waals surface area contributed by atoms with Crippen molar-refractivity contribution in [1.82, 2.24) is 5.32 Å². The van der Waals surface area contributed by atoms with E-state index in [-0.39, 0.29) is 11.9 Å². The number of anilines is 1. The van der Waals surface area contributed by atoms with E-state index in [4.69, 9.17) is 4.74 Å². The molecule has 2 aromatic rings. The standard InChI is InChI=1S/C20H24N2O2/c1-15(22-11-10-17-7-3-4-9-19(17)22)13-21-20(23)18-8-5-6-16(12-18)14-24-2/h3-9,12,15H,10-11,13-14H2,1-2H3,(H,21,23)/t15-/m0/s1. The number of carbonyl (C=O) groups excluding carboxylic acids is 1. The first-order valence-electron chi connectivity index (χ1n) is 8.39. The molecular weight excluding hydrogens is 300 g/mol. The van der Waals surface area contributed by atoms with Crippen LogP contribution >= 0.6 is 0 Å². The summed E-state index contributed by atoms with van der Waals surface area (Å²) in [6, 6.07) is 16.3. The fraction of sp³-hybridized carbons (Fsp3) is 0.350. The van der Waals surface area contributed by atoms with Crippen molar-refractivity contribution < 1.29 is 9.53 Å². The molecule has 4 heteroatoms. The van der Waals surface area contributed by atoms with Crippen molar-refractivity contribution in [1.29, 1.82) is 0 Å². The molecule has 3 rings (SSSR count). The molecule has 0 saturated carbocycles. The molecule has 0 aliphatic carbocycles. The first-order chi connectivity index (χ1) is 11.7. The number of carbonyl (C=O) groups is 1. The molecule has 1 amide bonds. The topological polar surface area (TPSA) is 41.6 Å². The number of fused-ring (bicyclic) bond motifs is 1. The zero-order chi connectivity index (χ0) is 16.9. The van der Waals surface area contributed by atoms with E-state index in [1.165, 1.54) is 11.3 Å². The molecule has 1 aliphatic heterocycles. The van der Waals surface area contributed by atoms with Gasteiger partial charge >= 0.3 is 0 Å². The van der Waals surface area contributed by atoms with Gasteiger partial charge in [-0.05, 0) is 42.7 Å². The molecule has 1 atom stereocenters. The van der Waals surface area contributed by atoms with Gasteiger partial charge in [-0.3, -0.25) is 4.79 Å². The lowest BCUT2D eigenvalue weighted by Crippen LogP contribution is -2.41. The highest BCUT2D eigenvalue weighted by molar-refractivity contribution is 5.94. The zero-order valence-corrected chi connectivity index (χ0v) is 14.3. The number of hydrogen-bond acceptors (Lipinski definition) is 3. The van der Waals surface area contributed by atoms with Gasteiger partial charge in [-0.2, -0.15) is 0 Å². The van der Waals surface area contributed by atoms with Gasteiger partial charge in [0.2, 0.25) is 0 Å². The Morgan fingerprint density at radius 1 is 1.25 bits per heavy atom. The normalized spacial score (nSPS) is 14.3. The fourth-order valence-corrected chi connectivity index (χ4v) is 3.24. The molecule has 1 N–H and O–H groups in total. The quantitative estimate of drug-likeness (QED) is 0.888. The Hall–Kier alpha value is -2.33. The van der Waals surface area contributed by atoms with Gasteiger partial charge in [0.15, 0.2) is 0 Å². The summed E-state index contributed by atoms with van der Waals surface area (Å²) < 4.78 is 5.12. The first kappa shape index (κ1) is 16.5. The smallest absolute Gasteiger partial charge is 0.251 e. The van der Waals surface area contributed by atoms with Crippen molar-refractivity contribution >= 4 is 11.6 Å². The largest absolute Gasteiger partial charge is 0.380 e. The molecule has 1 aliphatic rings. The fourth-order valence-electron chi connectivity index (χ4n) is 3.24. The van der Waals surface area contributed by atoms with Gasteiger partial charge in [0.25, 0.3) is 5.91 Å². The number of nitrogens with one attached hydrogen (secondary N) is 1. The minimum atomic E-state index is -0.0349. The van der Waals surface area contributed by atoms with Crippen molar-refractivity contribution in [2.24, 2.45) is 0 Å². The number of para-hydroxylation sites is 1. The third-order valence-electron chi connectivity index (χ3n) is 4.51. The number of nitrogens with zero attached hydrogens (tertiary/aromatic N) is 1. The number of methoxy groups -OCH3 is 1. The highest BCUT2D eigenvalue weighted by Crippen LogP contribution is 2.28. The average molecular weight is 324 g/mol. The van der Waals surface area contributed by atoms with E-state index in [1.54, 1.807) is 7.11 Å². The number of rotatable bonds is 6. The predicted octanol–water partition coefficient (Wildman–Crippen LogP) is 3.01. The Bertz CT molecular complexity index is 714. The summed E-state index contributed by atoms with van der Waals surface area (Å²) >= 11 is 0. The SMILES string of the molecule is COCc1cccc(C(=O)NC[C@H](C)N2CCc3ccccc32)c1. The Labute approximate surface area is 143 Å². The van der Waals surface area contributed by atoms with Crippen molar-refractivity contribution in [2.45, 2.75) is 26.0 Å². The van der Waals surface area contributed by atoms with Crippen LogP contribution in [-0.2, 0) is 17.8 Å². The molecule has 126 valence electrons.